The van der Waals surface area contributed by atoms with E-state index in [4.69, 9.17) is 14.2 Å². The van der Waals surface area contributed by atoms with Crippen molar-refractivity contribution in [1.29, 1.82) is 0 Å². The Hall–Kier alpha value is -1.16. The van der Waals surface area contributed by atoms with Crippen LogP contribution in [0.1, 0.15) is 19.4 Å². The first-order chi connectivity index (χ1) is 8.55. The molecule has 1 aromatic carbocycles. The lowest BCUT2D eigenvalue weighted by molar-refractivity contribution is -0.199. The zero-order valence-electron chi connectivity index (χ0n) is 10.8. The maximum Gasteiger partial charge on any atom is 0.191 e. The second kappa shape index (κ2) is 4.19. The van der Waals surface area contributed by atoms with Crippen LogP contribution in [0.5, 0.6) is 0 Å². The van der Waals surface area contributed by atoms with Crippen LogP contribution in [0, 0.1) is 0 Å². The Bertz CT molecular complexity index is 452. The molecule has 0 aliphatic carbocycles. The average molecular weight is 246 g/mol. The van der Waals surface area contributed by atoms with Crippen LogP contribution in [0.2, 0.25) is 0 Å². The normalized spacial score (nSPS) is 33.7. The Balaban J connectivity index is 1.70. The van der Waals surface area contributed by atoms with Crippen LogP contribution in [0.25, 0.3) is 0 Å². The zero-order chi connectivity index (χ0) is 12.8. The first-order valence-electron chi connectivity index (χ1n) is 6.29. The van der Waals surface area contributed by atoms with Crippen LogP contribution in [-0.4, -0.2) is 24.3 Å². The standard InChI is InChI=1S/C15H18O3/c1-10-12(9-11-7-5-4-6-8-11)16-14-13(10)17-15(2,3)18-14/h4-8,12-14H,1,9H2,2-3H3/t12-,13-,14-/m1/s1. The van der Waals surface area contributed by atoms with E-state index in [2.05, 4.69) is 18.7 Å². The molecule has 0 spiro atoms. The Morgan fingerprint density at radius 3 is 2.56 bits per heavy atom. The van der Waals surface area contributed by atoms with Gasteiger partial charge < -0.3 is 14.2 Å². The third kappa shape index (κ3) is 2.09. The van der Waals surface area contributed by atoms with E-state index in [1.54, 1.807) is 0 Å². The number of fused-ring (bicyclic) bond motifs is 1. The van der Waals surface area contributed by atoms with Crippen molar-refractivity contribution in [2.75, 3.05) is 0 Å². The van der Waals surface area contributed by atoms with Crippen molar-refractivity contribution >= 4 is 0 Å². The molecule has 0 amide bonds. The van der Waals surface area contributed by atoms with Crippen molar-refractivity contribution in [3.8, 4) is 0 Å². The summed E-state index contributed by atoms with van der Waals surface area (Å²) < 4.78 is 17.4. The van der Waals surface area contributed by atoms with Crippen LogP contribution in [0.3, 0.4) is 0 Å². The molecule has 0 N–H and O–H groups in total. The number of hydrogen-bond donors (Lipinski definition) is 0. The SMILES string of the molecule is C=C1[C@H]2OC(C)(C)O[C@H]2O[C@@H]1Cc1ccccc1. The maximum absolute atomic E-state index is 5.89. The molecule has 0 aromatic heterocycles. The van der Waals surface area contributed by atoms with Gasteiger partial charge in [0.25, 0.3) is 0 Å². The minimum absolute atomic E-state index is 0.0153. The number of hydrogen-bond acceptors (Lipinski definition) is 3. The fraction of sp³-hybridized carbons (Fsp3) is 0.467. The molecule has 0 unspecified atom stereocenters. The van der Waals surface area contributed by atoms with Crippen molar-refractivity contribution in [1.82, 2.24) is 0 Å². The molecule has 3 heteroatoms. The molecule has 2 aliphatic rings. The second-order valence-electron chi connectivity index (χ2n) is 5.31. The topological polar surface area (TPSA) is 27.7 Å². The highest BCUT2D eigenvalue weighted by Crippen LogP contribution is 2.40. The maximum atomic E-state index is 5.89. The lowest BCUT2D eigenvalue weighted by Gasteiger charge is -2.21. The molecule has 3 atom stereocenters. The molecule has 1 aromatic rings. The summed E-state index contributed by atoms with van der Waals surface area (Å²) in [6, 6.07) is 10.3. The summed E-state index contributed by atoms with van der Waals surface area (Å²) in [5.74, 6) is -0.573. The summed E-state index contributed by atoms with van der Waals surface area (Å²) in [5, 5.41) is 0. The van der Waals surface area contributed by atoms with Crippen molar-refractivity contribution in [3.05, 3.63) is 48.0 Å². The predicted octanol–water partition coefficient (Wildman–Crippen LogP) is 2.66. The molecule has 2 fully saturated rings. The first kappa shape index (κ1) is 11.9. The lowest BCUT2D eigenvalue weighted by Crippen LogP contribution is -2.26. The molecular formula is C15H18O3. The third-order valence-electron chi connectivity index (χ3n) is 3.40. The molecular weight excluding hydrogens is 228 g/mol. The molecule has 3 nitrogen and oxygen atoms in total. The van der Waals surface area contributed by atoms with E-state index in [1.807, 2.05) is 32.0 Å². The fourth-order valence-corrected chi connectivity index (χ4v) is 2.52. The van der Waals surface area contributed by atoms with Crippen LogP contribution in [0.4, 0.5) is 0 Å². The fourth-order valence-electron chi connectivity index (χ4n) is 2.52. The van der Waals surface area contributed by atoms with Crippen molar-refractivity contribution < 1.29 is 14.2 Å². The largest absolute Gasteiger partial charge is 0.341 e. The van der Waals surface area contributed by atoms with Gasteiger partial charge in [-0.1, -0.05) is 36.9 Å². The van der Waals surface area contributed by atoms with Crippen LogP contribution < -0.4 is 0 Å². The van der Waals surface area contributed by atoms with Gasteiger partial charge in [0, 0.05) is 6.42 Å². The van der Waals surface area contributed by atoms with Gasteiger partial charge in [-0.3, -0.25) is 0 Å². The molecule has 2 saturated heterocycles. The van der Waals surface area contributed by atoms with Gasteiger partial charge in [-0.25, -0.2) is 0 Å². The zero-order valence-corrected chi connectivity index (χ0v) is 10.8. The Morgan fingerprint density at radius 2 is 1.89 bits per heavy atom. The van der Waals surface area contributed by atoms with Gasteiger partial charge in [0.05, 0.1) is 6.10 Å². The average Bonchev–Trinajstić information content (AvgIpc) is 2.76. The first-order valence-corrected chi connectivity index (χ1v) is 6.29. The Morgan fingerprint density at radius 1 is 1.17 bits per heavy atom. The number of benzene rings is 1. The van der Waals surface area contributed by atoms with Gasteiger partial charge in [0.15, 0.2) is 12.1 Å². The molecule has 96 valence electrons. The summed E-state index contributed by atoms with van der Waals surface area (Å²) in [6.45, 7) is 7.90. The van der Waals surface area contributed by atoms with Gasteiger partial charge in [0.1, 0.15) is 6.10 Å². The summed E-state index contributed by atoms with van der Waals surface area (Å²) in [5.41, 5.74) is 2.22. The van der Waals surface area contributed by atoms with E-state index in [0.717, 1.165) is 12.0 Å². The summed E-state index contributed by atoms with van der Waals surface area (Å²) in [7, 11) is 0. The van der Waals surface area contributed by atoms with E-state index < -0.39 is 5.79 Å². The summed E-state index contributed by atoms with van der Waals surface area (Å²) >= 11 is 0. The highest BCUT2D eigenvalue weighted by Gasteiger charge is 2.50. The van der Waals surface area contributed by atoms with Crippen LogP contribution in [0.15, 0.2) is 42.5 Å². The Kier molecular flexibility index (Phi) is 2.77. The molecule has 18 heavy (non-hydrogen) atoms. The number of ether oxygens (including phenoxy) is 3. The van der Waals surface area contributed by atoms with E-state index in [9.17, 15) is 0 Å². The van der Waals surface area contributed by atoms with Gasteiger partial charge in [-0.15, -0.1) is 0 Å². The quantitative estimate of drug-likeness (QED) is 0.751. The number of rotatable bonds is 2. The minimum Gasteiger partial charge on any atom is -0.341 e. The smallest absolute Gasteiger partial charge is 0.191 e. The van der Waals surface area contributed by atoms with E-state index in [0.29, 0.717) is 0 Å². The summed E-state index contributed by atoms with van der Waals surface area (Å²) in [4.78, 5) is 0. The lowest BCUT2D eigenvalue weighted by atomic mass is 10.0. The van der Waals surface area contributed by atoms with Crippen LogP contribution >= 0.6 is 0 Å². The molecule has 0 saturated carbocycles. The molecule has 2 aliphatic heterocycles. The van der Waals surface area contributed by atoms with Crippen molar-refractivity contribution in [2.45, 2.75) is 44.6 Å². The molecule has 0 radical (unpaired) electrons. The monoisotopic (exact) mass is 246 g/mol. The van der Waals surface area contributed by atoms with E-state index in [1.165, 1.54) is 5.56 Å². The minimum atomic E-state index is -0.573. The van der Waals surface area contributed by atoms with Gasteiger partial charge >= 0.3 is 0 Å². The van der Waals surface area contributed by atoms with E-state index in [-0.39, 0.29) is 18.5 Å². The van der Waals surface area contributed by atoms with Crippen molar-refractivity contribution in [2.24, 2.45) is 0 Å². The molecule has 3 rings (SSSR count). The third-order valence-corrected chi connectivity index (χ3v) is 3.40. The van der Waals surface area contributed by atoms with E-state index >= 15 is 0 Å². The highest BCUT2D eigenvalue weighted by molar-refractivity contribution is 5.23. The van der Waals surface area contributed by atoms with Gasteiger partial charge in [-0.05, 0) is 25.0 Å². The molecule has 0 bridgehead atoms. The van der Waals surface area contributed by atoms with Crippen molar-refractivity contribution in [3.63, 3.8) is 0 Å². The van der Waals surface area contributed by atoms with Gasteiger partial charge in [0.2, 0.25) is 0 Å². The summed E-state index contributed by atoms with van der Waals surface area (Å²) in [6.07, 6.45) is 0.369. The van der Waals surface area contributed by atoms with Crippen LogP contribution in [-0.2, 0) is 20.6 Å². The highest BCUT2D eigenvalue weighted by atomic mass is 16.8. The Labute approximate surface area is 107 Å². The predicted molar refractivity (Wildman–Crippen MR) is 68.0 cm³/mol. The van der Waals surface area contributed by atoms with Gasteiger partial charge in [-0.2, -0.15) is 0 Å². The second-order valence-corrected chi connectivity index (χ2v) is 5.31. The molecule has 2 heterocycles.